The molecule has 1 unspecified atom stereocenters. The molecule has 2 aromatic carbocycles. The van der Waals surface area contributed by atoms with Crippen LogP contribution in [-0.4, -0.2) is 38.1 Å². The molecule has 0 radical (unpaired) electrons. The third-order valence-electron chi connectivity index (χ3n) is 6.69. The number of hydrogen-bond acceptors (Lipinski definition) is 4. The Bertz CT molecular complexity index is 1220. The largest absolute Gasteiger partial charge is 0.350 e. The lowest BCUT2D eigenvalue weighted by atomic mass is 9.92. The van der Waals surface area contributed by atoms with E-state index in [1.165, 1.54) is 10.3 Å². The van der Waals surface area contributed by atoms with Gasteiger partial charge in [-0.2, -0.15) is 5.10 Å². The number of carbonyl (C=O) groups excluding carboxylic acids is 1. The molecule has 35 heavy (non-hydrogen) atoms. The SMILES string of the molecule is CC(C)CCC(=O)C(c1ccccc1)N1CC=C(c2ccc(-n3cnn(C(C)C)c3=O)cc2)CC1. The second-order valence-corrected chi connectivity index (χ2v) is 10.1. The summed E-state index contributed by atoms with van der Waals surface area (Å²) in [5, 5.41) is 4.21. The molecule has 6 heteroatoms. The molecule has 184 valence electrons. The number of Topliss-reactive ketones (excluding diaryl/α,β-unsaturated/α-hetero) is 1. The molecule has 0 amide bonds. The standard InChI is InChI=1S/C29H36N4O2/c1-21(2)10-15-27(34)28(25-8-6-5-7-9-25)31-18-16-24(17-19-31)23-11-13-26(14-12-23)32-20-30-33(22(3)4)29(32)35/h5-9,11-14,16,20-22,28H,10,15,17-19H2,1-4H3. The van der Waals surface area contributed by atoms with Crippen molar-refractivity contribution in [3.05, 3.63) is 88.6 Å². The van der Waals surface area contributed by atoms with Crippen LogP contribution in [0.3, 0.4) is 0 Å². The predicted molar refractivity (Wildman–Crippen MR) is 141 cm³/mol. The van der Waals surface area contributed by atoms with E-state index in [4.69, 9.17) is 0 Å². The third kappa shape index (κ3) is 5.70. The number of hydrogen-bond donors (Lipinski definition) is 0. The van der Waals surface area contributed by atoms with Crippen LogP contribution in [0.5, 0.6) is 0 Å². The molecule has 1 aromatic heterocycles. The zero-order valence-electron chi connectivity index (χ0n) is 21.2. The molecule has 0 fully saturated rings. The van der Waals surface area contributed by atoms with Crippen LogP contribution in [0.25, 0.3) is 11.3 Å². The molecule has 6 nitrogen and oxygen atoms in total. The van der Waals surface area contributed by atoms with E-state index in [2.05, 4.69) is 54.2 Å². The maximum Gasteiger partial charge on any atom is 0.350 e. The van der Waals surface area contributed by atoms with E-state index in [9.17, 15) is 9.59 Å². The minimum Gasteiger partial charge on any atom is -0.298 e. The second-order valence-electron chi connectivity index (χ2n) is 10.1. The summed E-state index contributed by atoms with van der Waals surface area (Å²) in [7, 11) is 0. The van der Waals surface area contributed by atoms with Gasteiger partial charge in [-0.25, -0.2) is 14.0 Å². The Morgan fingerprint density at radius 1 is 1.00 bits per heavy atom. The molecular weight excluding hydrogens is 436 g/mol. The first-order valence-corrected chi connectivity index (χ1v) is 12.6. The second kappa shape index (κ2) is 11.0. The summed E-state index contributed by atoms with van der Waals surface area (Å²) < 4.78 is 3.06. The predicted octanol–water partition coefficient (Wildman–Crippen LogP) is 5.45. The van der Waals surface area contributed by atoms with Crippen LogP contribution in [0.2, 0.25) is 0 Å². The van der Waals surface area contributed by atoms with Gasteiger partial charge in [-0.1, -0.05) is 62.4 Å². The van der Waals surface area contributed by atoms with Gasteiger partial charge in [-0.15, -0.1) is 0 Å². The average Bonchev–Trinajstić information content (AvgIpc) is 3.26. The van der Waals surface area contributed by atoms with Crippen molar-refractivity contribution in [1.82, 2.24) is 19.2 Å². The van der Waals surface area contributed by atoms with E-state index in [-0.39, 0.29) is 17.8 Å². The van der Waals surface area contributed by atoms with Gasteiger partial charge in [0.1, 0.15) is 6.33 Å². The van der Waals surface area contributed by atoms with Gasteiger partial charge in [0.05, 0.1) is 17.8 Å². The summed E-state index contributed by atoms with van der Waals surface area (Å²) in [5.74, 6) is 0.820. The van der Waals surface area contributed by atoms with Crippen LogP contribution < -0.4 is 5.69 Å². The third-order valence-corrected chi connectivity index (χ3v) is 6.69. The topological polar surface area (TPSA) is 60.1 Å². The molecule has 3 aromatic rings. The molecule has 0 saturated heterocycles. The van der Waals surface area contributed by atoms with Gasteiger partial charge < -0.3 is 0 Å². The highest BCUT2D eigenvalue weighted by Gasteiger charge is 2.28. The molecule has 0 saturated carbocycles. The summed E-state index contributed by atoms with van der Waals surface area (Å²) in [6.07, 6.45) is 6.23. The van der Waals surface area contributed by atoms with Gasteiger partial charge in [-0.3, -0.25) is 9.69 Å². The number of aromatic nitrogens is 3. The van der Waals surface area contributed by atoms with Crippen molar-refractivity contribution in [2.45, 2.75) is 59.0 Å². The van der Waals surface area contributed by atoms with Crippen molar-refractivity contribution in [3.8, 4) is 5.69 Å². The van der Waals surface area contributed by atoms with E-state index < -0.39 is 0 Å². The molecule has 4 rings (SSSR count). The van der Waals surface area contributed by atoms with Crippen LogP contribution >= 0.6 is 0 Å². The zero-order chi connectivity index (χ0) is 24.9. The maximum atomic E-state index is 13.2. The van der Waals surface area contributed by atoms with Gasteiger partial charge in [0.2, 0.25) is 0 Å². The maximum absolute atomic E-state index is 13.2. The van der Waals surface area contributed by atoms with E-state index >= 15 is 0 Å². The molecule has 1 atom stereocenters. The normalized spacial score (nSPS) is 15.4. The van der Waals surface area contributed by atoms with E-state index in [0.29, 0.717) is 18.1 Å². The number of rotatable bonds is 9. The summed E-state index contributed by atoms with van der Waals surface area (Å²) in [4.78, 5) is 28.1. The first-order valence-electron chi connectivity index (χ1n) is 12.6. The first-order chi connectivity index (χ1) is 16.8. The number of nitrogens with zero attached hydrogens (tertiary/aromatic N) is 4. The Morgan fingerprint density at radius 2 is 1.71 bits per heavy atom. The van der Waals surface area contributed by atoms with E-state index in [0.717, 1.165) is 42.7 Å². The van der Waals surface area contributed by atoms with Crippen LogP contribution in [0.1, 0.15) is 70.2 Å². The minimum absolute atomic E-state index is 0.0235. The fraction of sp³-hybridized carbons (Fsp3) is 0.414. The van der Waals surface area contributed by atoms with Crippen molar-refractivity contribution in [1.29, 1.82) is 0 Å². The van der Waals surface area contributed by atoms with Crippen molar-refractivity contribution < 1.29 is 4.79 Å². The highest BCUT2D eigenvalue weighted by atomic mass is 16.2. The van der Waals surface area contributed by atoms with Crippen molar-refractivity contribution in [3.63, 3.8) is 0 Å². The summed E-state index contributed by atoms with van der Waals surface area (Å²) in [6.45, 7) is 9.80. The van der Waals surface area contributed by atoms with Gasteiger partial charge in [0.15, 0.2) is 5.78 Å². The van der Waals surface area contributed by atoms with Crippen molar-refractivity contribution >= 4 is 11.4 Å². The lowest BCUT2D eigenvalue weighted by Gasteiger charge is -2.33. The van der Waals surface area contributed by atoms with Gasteiger partial charge in [0.25, 0.3) is 0 Å². The summed E-state index contributed by atoms with van der Waals surface area (Å²) >= 11 is 0. The summed E-state index contributed by atoms with van der Waals surface area (Å²) in [5.41, 5.74) is 4.19. The molecule has 1 aliphatic rings. The molecule has 0 bridgehead atoms. The smallest absolute Gasteiger partial charge is 0.298 e. The van der Waals surface area contributed by atoms with Crippen molar-refractivity contribution in [2.24, 2.45) is 5.92 Å². The fourth-order valence-corrected chi connectivity index (χ4v) is 4.67. The highest BCUT2D eigenvalue weighted by Crippen LogP contribution is 2.30. The molecule has 2 heterocycles. The lowest BCUT2D eigenvalue weighted by molar-refractivity contribution is -0.124. The number of ketones is 1. The first kappa shape index (κ1) is 24.9. The van der Waals surface area contributed by atoms with Crippen LogP contribution in [-0.2, 0) is 4.79 Å². The van der Waals surface area contributed by atoms with Crippen molar-refractivity contribution in [2.75, 3.05) is 13.1 Å². The quantitative estimate of drug-likeness (QED) is 0.415. The monoisotopic (exact) mass is 472 g/mol. The Balaban J connectivity index is 1.50. The Hall–Kier alpha value is -3.25. The van der Waals surface area contributed by atoms with E-state index in [1.807, 2.05) is 44.2 Å². The zero-order valence-corrected chi connectivity index (χ0v) is 21.2. The van der Waals surface area contributed by atoms with Gasteiger partial charge >= 0.3 is 5.69 Å². The molecule has 0 aliphatic carbocycles. The minimum atomic E-state index is -0.195. The number of benzene rings is 2. The Morgan fingerprint density at radius 3 is 2.29 bits per heavy atom. The molecular formula is C29H36N4O2. The Kier molecular flexibility index (Phi) is 7.81. The summed E-state index contributed by atoms with van der Waals surface area (Å²) in [6, 6.07) is 18.1. The van der Waals surface area contributed by atoms with Crippen LogP contribution in [0.4, 0.5) is 0 Å². The Labute approximate surface area is 207 Å². The number of carbonyl (C=O) groups is 1. The fourth-order valence-electron chi connectivity index (χ4n) is 4.67. The van der Waals surface area contributed by atoms with Gasteiger partial charge in [0, 0.05) is 19.5 Å². The molecule has 1 aliphatic heterocycles. The molecule has 0 spiro atoms. The van der Waals surface area contributed by atoms with Crippen LogP contribution in [0.15, 0.2) is 71.8 Å². The van der Waals surface area contributed by atoms with Crippen LogP contribution in [0, 0.1) is 5.92 Å². The van der Waals surface area contributed by atoms with Gasteiger partial charge in [-0.05, 0) is 61.4 Å². The lowest BCUT2D eigenvalue weighted by Crippen LogP contribution is -2.37. The van der Waals surface area contributed by atoms with E-state index in [1.54, 1.807) is 10.9 Å². The average molecular weight is 473 g/mol. The highest BCUT2D eigenvalue weighted by molar-refractivity contribution is 5.85. The molecule has 0 N–H and O–H groups in total.